The Balaban J connectivity index is 1.39. The maximum atomic E-state index is 5.81. The van der Waals surface area contributed by atoms with Crippen LogP contribution in [0.15, 0.2) is 59.6 Å². The normalized spacial score (nSPS) is 19.6. The smallest absolute Gasteiger partial charge is 0.191 e. The first-order valence-corrected chi connectivity index (χ1v) is 11.2. The summed E-state index contributed by atoms with van der Waals surface area (Å²) in [6.07, 6.45) is 5.95. The minimum Gasteiger partial charge on any atom is -0.372 e. The third-order valence-corrected chi connectivity index (χ3v) is 6.24. The number of hydrogen-bond acceptors (Lipinski definition) is 3. The van der Waals surface area contributed by atoms with Gasteiger partial charge in [0.2, 0.25) is 0 Å². The first-order chi connectivity index (χ1) is 13.8. The Labute approximate surface area is 173 Å². The fraction of sp³-hybridized carbons (Fsp3) is 0.435. The van der Waals surface area contributed by atoms with Crippen molar-refractivity contribution < 1.29 is 4.74 Å². The van der Waals surface area contributed by atoms with Gasteiger partial charge in [0.05, 0.1) is 13.2 Å². The first-order valence-electron chi connectivity index (χ1n) is 9.96. The Morgan fingerprint density at radius 1 is 1.00 bits per heavy atom. The summed E-state index contributed by atoms with van der Waals surface area (Å²) in [6, 6.07) is 19.4. The summed E-state index contributed by atoms with van der Waals surface area (Å²) < 4.78 is 5.81. The van der Waals surface area contributed by atoms with Gasteiger partial charge >= 0.3 is 0 Å². The van der Waals surface area contributed by atoms with Gasteiger partial charge in [-0.25, -0.2) is 0 Å². The fourth-order valence-corrected chi connectivity index (χ4v) is 4.27. The van der Waals surface area contributed by atoms with Crippen molar-refractivity contribution in [3.63, 3.8) is 0 Å². The van der Waals surface area contributed by atoms with Crippen LogP contribution in [-0.2, 0) is 24.5 Å². The molecular weight excluding hydrogens is 366 g/mol. The van der Waals surface area contributed by atoms with Crippen molar-refractivity contribution in [1.29, 1.82) is 0 Å². The zero-order chi connectivity index (χ0) is 19.6. The number of rotatable bonds is 8. The standard InChI is InChI=1S/C23H31N3OS/c1-24-23(26-21-12-13-22(14-21)28-2)25-15-18-8-10-20(11-9-18)17-27-16-19-6-4-3-5-7-19/h3-11,21-22H,12-17H2,1-2H3,(H2,24,25,26). The number of guanidine groups is 1. The van der Waals surface area contributed by atoms with Gasteiger partial charge in [0, 0.05) is 24.9 Å². The Bertz CT molecular complexity index is 733. The highest BCUT2D eigenvalue weighted by Crippen LogP contribution is 2.28. The fourth-order valence-electron chi connectivity index (χ4n) is 3.47. The molecule has 1 saturated carbocycles. The van der Waals surface area contributed by atoms with Crippen molar-refractivity contribution in [2.24, 2.45) is 4.99 Å². The largest absolute Gasteiger partial charge is 0.372 e. The molecule has 150 valence electrons. The third-order valence-electron chi connectivity index (χ3n) is 5.15. The van der Waals surface area contributed by atoms with Crippen LogP contribution >= 0.6 is 11.8 Å². The topological polar surface area (TPSA) is 45.7 Å². The monoisotopic (exact) mass is 397 g/mol. The Hall–Kier alpha value is -1.98. The van der Waals surface area contributed by atoms with E-state index in [0.29, 0.717) is 19.3 Å². The first kappa shape index (κ1) is 20.7. The molecule has 1 aliphatic rings. The third kappa shape index (κ3) is 6.57. The second-order valence-electron chi connectivity index (χ2n) is 7.23. The number of benzene rings is 2. The van der Waals surface area contributed by atoms with Gasteiger partial charge in [-0.3, -0.25) is 4.99 Å². The van der Waals surface area contributed by atoms with Crippen molar-refractivity contribution in [3.8, 4) is 0 Å². The van der Waals surface area contributed by atoms with Gasteiger partial charge in [0.15, 0.2) is 5.96 Å². The highest BCUT2D eigenvalue weighted by molar-refractivity contribution is 7.99. The molecule has 28 heavy (non-hydrogen) atoms. The molecule has 1 fully saturated rings. The van der Waals surface area contributed by atoms with Gasteiger partial charge in [-0.1, -0.05) is 54.6 Å². The number of aliphatic imine (C=N–C) groups is 1. The van der Waals surface area contributed by atoms with Crippen LogP contribution < -0.4 is 10.6 Å². The second kappa shape index (κ2) is 11.1. The van der Waals surface area contributed by atoms with Crippen molar-refractivity contribution in [1.82, 2.24) is 10.6 Å². The molecular formula is C23H31N3OS. The van der Waals surface area contributed by atoms with Gasteiger partial charge in [0.1, 0.15) is 0 Å². The minimum atomic E-state index is 0.535. The van der Waals surface area contributed by atoms with Crippen molar-refractivity contribution in [2.75, 3.05) is 13.3 Å². The van der Waals surface area contributed by atoms with Crippen molar-refractivity contribution in [3.05, 3.63) is 71.3 Å². The van der Waals surface area contributed by atoms with E-state index in [0.717, 1.165) is 17.8 Å². The molecule has 0 aliphatic heterocycles. The number of nitrogens with zero attached hydrogens (tertiary/aromatic N) is 1. The molecule has 3 rings (SSSR count). The molecule has 2 unspecified atom stereocenters. The SMILES string of the molecule is CN=C(NCc1ccc(COCc2ccccc2)cc1)NC1CCC(SC)C1. The highest BCUT2D eigenvalue weighted by atomic mass is 32.2. The lowest BCUT2D eigenvalue weighted by molar-refractivity contribution is 0.107. The maximum absolute atomic E-state index is 5.81. The molecule has 0 heterocycles. The van der Waals surface area contributed by atoms with E-state index < -0.39 is 0 Å². The van der Waals surface area contributed by atoms with Gasteiger partial charge < -0.3 is 15.4 Å². The van der Waals surface area contributed by atoms with Gasteiger partial charge in [0.25, 0.3) is 0 Å². The van der Waals surface area contributed by atoms with Gasteiger partial charge in [-0.05, 0) is 42.2 Å². The molecule has 0 saturated heterocycles. The van der Waals surface area contributed by atoms with E-state index in [9.17, 15) is 0 Å². The van der Waals surface area contributed by atoms with E-state index in [1.54, 1.807) is 0 Å². The predicted octanol–water partition coefficient (Wildman–Crippen LogP) is 4.35. The van der Waals surface area contributed by atoms with Crippen LogP contribution in [0.1, 0.15) is 36.0 Å². The minimum absolute atomic E-state index is 0.535. The van der Waals surface area contributed by atoms with Crippen molar-refractivity contribution in [2.45, 2.75) is 50.3 Å². The van der Waals surface area contributed by atoms with Crippen LogP contribution in [0.4, 0.5) is 0 Å². The highest BCUT2D eigenvalue weighted by Gasteiger charge is 2.24. The molecule has 2 atom stereocenters. The lowest BCUT2D eigenvalue weighted by atomic mass is 10.1. The molecule has 0 spiro atoms. The summed E-state index contributed by atoms with van der Waals surface area (Å²) in [5.74, 6) is 0.891. The van der Waals surface area contributed by atoms with Crippen LogP contribution in [0, 0.1) is 0 Å². The molecule has 4 nitrogen and oxygen atoms in total. The van der Waals surface area contributed by atoms with Crippen LogP contribution in [0.2, 0.25) is 0 Å². The van der Waals surface area contributed by atoms with Crippen molar-refractivity contribution >= 4 is 17.7 Å². The van der Waals surface area contributed by atoms with E-state index in [-0.39, 0.29) is 0 Å². The summed E-state index contributed by atoms with van der Waals surface area (Å²) in [5.41, 5.74) is 3.63. The van der Waals surface area contributed by atoms with Crippen LogP contribution in [0.3, 0.4) is 0 Å². The lowest BCUT2D eigenvalue weighted by Gasteiger charge is -2.17. The number of ether oxygens (including phenoxy) is 1. The Morgan fingerprint density at radius 2 is 1.68 bits per heavy atom. The number of thioether (sulfide) groups is 1. The average molecular weight is 398 g/mol. The predicted molar refractivity (Wildman–Crippen MR) is 120 cm³/mol. The van der Waals surface area contributed by atoms with E-state index in [4.69, 9.17) is 4.74 Å². The second-order valence-corrected chi connectivity index (χ2v) is 8.37. The molecule has 0 aromatic heterocycles. The van der Waals surface area contributed by atoms with E-state index in [2.05, 4.69) is 58.3 Å². The quantitative estimate of drug-likeness (QED) is 0.513. The summed E-state index contributed by atoms with van der Waals surface area (Å²) in [7, 11) is 1.84. The summed E-state index contributed by atoms with van der Waals surface area (Å²) in [6.45, 7) is 2.04. The van der Waals surface area contributed by atoms with Crippen LogP contribution in [0.5, 0.6) is 0 Å². The molecule has 5 heteroatoms. The van der Waals surface area contributed by atoms with E-state index in [1.807, 2.05) is 37.0 Å². The van der Waals surface area contributed by atoms with Crippen LogP contribution in [0.25, 0.3) is 0 Å². The van der Waals surface area contributed by atoms with Gasteiger partial charge in [-0.15, -0.1) is 0 Å². The molecule has 0 amide bonds. The summed E-state index contributed by atoms with van der Waals surface area (Å²) >= 11 is 1.98. The van der Waals surface area contributed by atoms with Crippen LogP contribution in [-0.4, -0.2) is 30.6 Å². The number of hydrogen-bond donors (Lipinski definition) is 2. The summed E-state index contributed by atoms with van der Waals surface area (Å²) in [5, 5.41) is 7.78. The molecule has 2 aromatic carbocycles. The maximum Gasteiger partial charge on any atom is 0.191 e. The summed E-state index contributed by atoms with van der Waals surface area (Å²) in [4.78, 5) is 4.37. The number of nitrogens with one attached hydrogen (secondary N) is 2. The van der Waals surface area contributed by atoms with E-state index in [1.165, 1.54) is 36.0 Å². The molecule has 0 radical (unpaired) electrons. The zero-order valence-corrected chi connectivity index (χ0v) is 17.7. The average Bonchev–Trinajstić information content (AvgIpc) is 3.20. The Morgan fingerprint density at radius 3 is 2.32 bits per heavy atom. The van der Waals surface area contributed by atoms with E-state index >= 15 is 0 Å². The molecule has 0 bridgehead atoms. The molecule has 1 aliphatic carbocycles. The lowest BCUT2D eigenvalue weighted by Crippen LogP contribution is -2.42. The van der Waals surface area contributed by atoms with Gasteiger partial charge in [-0.2, -0.15) is 11.8 Å². The molecule has 2 aromatic rings. The zero-order valence-electron chi connectivity index (χ0n) is 16.9. The molecule has 2 N–H and O–H groups in total. The Kier molecular flexibility index (Phi) is 8.24.